The van der Waals surface area contributed by atoms with Gasteiger partial charge in [0, 0.05) is 11.6 Å². The number of halogens is 1. The molecule has 3 heteroatoms. The summed E-state index contributed by atoms with van der Waals surface area (Å²) in [5.74, 6) is 0.865. The third-order valence-electron chi connectivity index (χ3n) is 2.61. The van der Waals surface area contributed by atoms with Crippen LogP contribution in [0.1, 0.15) is 18.5 Å². The van der Waals surface area contributed by atoms with E-state index in [-0.39, 0.29) is 30.0 Å². The fraction of sp³-hybridized carbons (Fsp3) is 0.231. The molecule has 0 aliphatic heterocycles. The van der Waals surface area contributed by atoms with Crippen molar-refractivity contribution in [3.05, 3.63) is 42.0 Å². The molecule has 0 saturated carbocycles. The molecular formula is C13H16INO. The SMILES string of the molecule is COc1ccc2ccccc2c1C(C)N.I. The summed E-state index contributed by atoms with van der Waals surface area (Å²) in [6.07, 6.45) is 0. The molecule has 0 bridgehead atoms. The van der Waals surface area contributed by atoms with Crippen LogP contribution in [0.5, 0.6) is 5.75 Å². The fourth-order valence-corrected chi connectivity index (χ4v) is 1.92. The monoisotopic (exact) mass is 329 g/mol. The summed E-state index contributed by atoms with van der Waals surface area (Å²) in [6, 6.07) is 12.2. The first-order chi connectivity index (χ1) is 7.24. The van der Waals surface area contributed by atoms with Gasteiger partial charge in [0.15, 0.2) is 0 Å². The average Bonchev–Trinajstić information content (AvgIpc) is 2.27. The Bertz CT molecular complexity index is 482. The molecule has 0 amide bonds. The van der Waals surface area contributed by atoms with Crippen LogP contribution in [0.2, 0.25) is 0 Å². The maximum absolute atomic E-state index is 5.98. The van der Waals surface area contributed by atoms with E-state index in [9.17, 15) is 0 Å². The van der Waals surface area contributed by atoms with Crippen LogP contribution >= 0.6 is 24.0 Å². The quantitative estimate of drug-likeness (QED) is 0.856. The van der Waals surface area contributed by atoms with Crippen LogP contribution in [0.15, 0.2) is 36.4 Å². The number of hydrogen-bond acceptors (Lipinski definition) is 2. The summed E-state index contributed by atoms with van der Waals surface area (Å²) in [7, 11) is 1.68. The highest BCUT2D eigenvalue weighted by atomic mass is 127. The molecule has 2 nitrogen and oxygen atoms in total. The van der Waals surface area contributed by atoms with Crippen molar-refractivity contribution >= 4 is 34.7 Å². The van der Waals surface area contributed by atoms with Crippen molar-refractivity contribution in [1.29, 1.82) is 0 Å². The minimum atomic E-state index is -0.0222. The van der Waals surface area contributed by atoms with Gasteiger partial charge < -0.3 is 10.5 Å². The van der Waals surface area contributed by atoms with E-state index >= 15 is 0 Å². The first kappa shape index (κ1) is 13.3. The molecular weight excluding hydrogens is 313 g/mol. The van der Waals surface area contributed by atoms with Gasteiger partial charge in [0.1, 0.15) is 5.75 Å². The Kier molecular flexibility index (Phi) is 4.56. The molecule has 0 radical (unpaired) electrons. The van der Waals surface area contributed by atoms with Crippen molar-refractivity contribution in [3.63, 3.8) is 0 Å². The molecule has 0 aromatic heterocycles. The van der Waals surface area contributed by atoms with Gasteiger partial charge in [-0.05, 0) is 23.8 Å². The van der Waals surface area contributed by atoms with Crippen molar-refractivity contribution < 1.29 is 4.74 Å². The van der Waals surface area contributed by atoms with Gasteiger partial charge in [-0.1, -0.05) is 30.3 Å². The average molecular weight is 329 g/mol. The maximum atomic E-state index is 5.98. The molecule has 86 valence electrons. The molecule has 1 unspecified atom stereocenters. The Morgan fingerprint density at radius 3 is 2.44 bits per heavy atom. The highest BCUT2D eigenvalue weighted by molar-refractivity contribution is 14.0. The highest BCUT2D eigenvalue weighted by Gasteiger charge is 2.11. The Morgan fingerprint density at radius 2 is 1.81 bits per heavy atom. The molecule has 0 aliphatic carbocycles. The van der Waals surface area contributed by atoms with Crippen LogP contribution < -0.4 is 10.5 Å². The van der Waals surface area contributed by atoms with E-state index in [2.05, 4.69) is 18.2 Å². The Balaban J connectivity index is 0.00000128. The Morgan fingerprint density at radius 1 is 1.12 bits per heavy atom. The zero-order chi connectivity index (χ0) is 10.8. The molecule has 2 N–H and O–H groups in total. The first-order valence-corrected chi connectivity index (χ1v) is 5.05. The zero-order valence-electron chi connectivity index (χ0n) is 9.44. The smallest absolute Gasteiger partial charge is 0.124 e. The summed E-state index contributed by atoms with van der Waals surface area (Å²) < 4.78 is 5.33. The lowest BCUT2D eigenvalue weighted by Crippen LogP contribution is -2.07. The van der Waals surface area contributed by atoms with Crippen LogP contribution in [0.4, 0.5) is 0 Å². The van der Waals surface area contributed by atoms with E-state index in [0.717, 1.165) is 11.3 Å². The second-order valence-electron chi connectivity index (χ2n) is 3.69. The molecule has 0 aliphatic rings. The van der Waals surface area contributed by atoms with E-state index in [1.807, 2.05) is 25.1 Å². The van der Waals surface area contributed by atoms with Crippen molar-refractivity contribution in [3.8, 4) is 5.75 Å². The van der Waals surface area contributed by atoms with Gasteiger partial charge in [-0.3, -0.25) is 0 Å². The summed E-state index contributed by atoms with van der Waals surface area (Å²) >= 11 is 0. The third kappa shape index (κ3) is 2.30. The Hall–Kier alpha value is -0.810. The molecule has 2 rings (SSSR count). The largest absolute Gasteiger partial charge is 0.496 e. The lowest BCUT2D eigenvalue weighted by Gasteiger charge is -2.14. The van der Waals surface area contributed by atoms with E-state index < -0.39 is 0 Å². The lowest BCUT2D eigenvalue weighted by atomic mass is 9.99. The normalized spacial score (nSPS) is 11.9. The number of hydrogen-bond donors (Lipinski definition) is 1. The molecule has 2 aromatic carbocycles. The molecule has 0 fully saturated rings. The van der Waals surface area contributed by atoms with Gasteiger partial charge in [0.2, 0.25) is 0 Å². The van der Waals surface area contributed by atoms with Gasteiger partial charge in [-0.2, -0.15) is 0 Å². The van der Waals surface area contributed by atoms with Gasteiger partial charge >= 0.3 is 0 Å². The summed E-state index contributed by atoms with van der Waals surface area (Å²) in [5, 5.41) is 2.37. The zero-order valence-corrected chi connectivity index (χ0v) is 11.8. The van der Waals surface area contributed by atoms with Crippen LogP contribution in [0.3, 0.4) is 0 Å². The third-order valence-corrected chi connectivity index (χ3v) is 2.61. The molecule has 16 heavy (non-hydrogen) atoms. The van der Waals surface area contributed by atoms with Gasteiger partial charge in [0.05, 0.1) is 7.11 Å². The number of nitrogens with two attached hydrogens (primary N) is 1. The van der Waals surface area contributed by atoms with Crippen LogP contribution in [0, 0.1) is 0 Å². The van der Waals surface area contributed by atoms with Crippen LogP contribution in [-0.2, 0) is 0 Å². The topological polar surface area (TPSA) is 35.2 Å². The van der Waals surface area contributed by atoms with Gasteiger partial charge in [-0.25, -0.2) is 0 Å². The molecule has 0 heterocycles. The second-order valence-corrected chi connectivity index (χ2v) is 3.69. The van der Waals surface area contributed by atoms with E-state index in [4.69, 9.17) is 10.5 Å². The number of methoxy groups -OCH3 is 1. The predicted molar refractivity (Wildman–Crippen MR) is 78.5 cm³/mol. The van der Waals surface area contributed by atoms with Gasteiger partial charge in [-0.15, -0.1) is 24.0 Å². The van der Waals surface area contributed by atoms with E-state index in [1.54, 1.807) is 7.11 Å². The minimum Gasteiger partial charge on any atom is -0.496 e. The highest BCUT2D eigenvalue weighted by Crippen LogP contribution is 2.31. The minimum absolute atomic E-state index is 0. The number of ether oxygens (including phenoxy) is 1. The molecule has 0 saturated heterocycles. The van der Waals surface area contributed by atoms with Crippen LogP contribution in [0.25, 0.3) is 10.8 Å². The standard InChI is InChI=1S/C13H15NO.HI/c1-9(14)13-11-6-4-3-5-10(11)7-8-12(13)15-2;/h3-9H,14H2,1-2H3;1H. The Labute approximate surface area is 113 Å². The number of rotatable bonds is 2. The van der Waals surface area contributed by atoms with Crippen molar-refractivity contribution in [2.75, 3.05) is 7.11 Å². The van der Waals surface area contributed by atoms with Crippen molar-refractivity contribution in [2.24, 2.45) is 5.73 Å². The molecule has 2 aromatic rings. The second kappa shape index (κ2) is 5.50. The molecule has 0 spiro atoms. The summed E-state index contributed by atoms with van der Waals surface area (Å²) in [6.45, 7) is 1.98. The number of benzene rings is 2. The maximum Gasteiger partial charge on any atom is 0.124 e. The lowest BCUT2D eigenvalue weighted by molar-refractivity contribution is 0.408. The van der Waals surface area contributed by atoms with Gasteiger partial charge in [0.25, 0.3) is 0 Å². The van der Waals surface area contributed by atoms with E-state index in [1.165, 1.54) is 10.8 Å². The predicted octanol–water partition coefficient (Wildman–Crippen LogP) is 3.49. The fourth-order valence-electron chi connectivity index (χ4n) is 1.92. The van der Waals surface area contributed by atoms with Crippen LogP contribution in [-0.4, -0.2) is 7.11 Å². The number of fused-ring (bicyclic) bond motifs is 1. The summed E-state index contributed by atoms with van der Waals surface area (Å²) in [5.41, 5.74) is 7.06. The van der Waals surface area contributed by atoms with E-state index in [0.29, 0.717) is 0 Å². The summed E-state index contributed by atoms with van der Waals surface area (Å²) in [4.78, 5) is 0. The van der Waals surface area contributed by atoms with Crippen molar-refractivity contribution in [1.82, 2.24) is 0 Å². The van der Waals surface area contributed by atoms with Crippen molar-refractivity contribution in [2.45, 2.75) is 13.0 Å². The first-order valence-electron chi connectivity index (χ1n) is 5.05. The molecule has 1 atom stereocenters.